The van der Waals surface area contributed by atoms with Crippen LogP contribution in [0, 0.1) is 5.92 Å². The number of ether oxygens (including phenoxy) is 3. The first-order valence-electron chi connectivity index (χ1n) is 7.31. The molecular formula is C16H22O3. The molecule has 0 spiro atoms. The first kappa shape index (κ1) is 12.9. The largest absolute Gasteiger partial charge is 0.491 e. The van der Waals surface area contributed by atoms with Crippen LogP contribution in [0.25, 0.3) is 0 Å². The Labute approximate surface area is 114 Å². The lowest BCUT2D eigenvalue weighted by Gasteiger charge is -2.24. The van der Waals surface area contributed by atoms with Gasteiger partial charge in [-0.05, 0) is 42.9 Å². The SMILES string of the molecule is c1cc(OCC2CO2)ccc1CCOCC1CCC1. The van der Waals surface area contributed by atoms with Crippen LogP contribution in [0.3, 0.4) is 0 Å². The van der Waals surface area contributed by atoms with Crippen LogP contribution in [-0.4, -0.2) is 32.5 Å². The van der Waals surface area contributed by atoms with Crippen LogP contribution in [0.2, 0.25) is 0 Å². The lowest BCUT2D eigenvalue weighted by atomic mass is 9.86. The summed E-state index contributed by atoms with van der Waals surface area (Å²) in [6.07, 6.45) is 5.41. The van der Waals surface area contributed by atoms with Gasteiger partial charge in [0.05, 0.1) is 13.2 Å². The highest BCUT2D eigenvalue weighted by Crippen LogP contribution is 2.26. The van der Waals surface area contributed by atoms with E-state index in [1.165, 1.54) is 24.8 Å². The summed E-state index contributed by atoms with van der Waals surface area (Å²) < 4.78 is 16.4. The zero-order valence-electron chi connectivity index (χ0n) is 11.3. The fourth-order valence-corrected chi connectivity index (χ4v) is 2.21. The summed E-state index contributed by atoms with van der Waals surface area (Å²) >= 11 is 0. The van der Waals surface area contributed by atoms with Gasteiger partial charge < -0.3 is 14.2 Å². The van der Waals surface area contributed by atoms with Crippen LogP contribution in [0.4, 0.5) is 0 Å². The van der Waals surface area contributed by atoms with Gasteiger partial charge in [0.2, 0.25) is 0 Å². The van der Waals surface area contributed by atoms with Crippen LogP contribution in [0.1, 0.15) is 24.8 Å². The molecule has 2 fully saturated rings. The van der Waals surface area contributed by atoms with Crippen molar-refractivity contribution >= 4 is 0 Å². The van der Waals surface area contributed by atoms with E-state index in [-0.39, 0.29) is 0 Å². The zero-order chi connectivity index (χ0) is 12.9. The van der Waals surface area contributed by atoms with E-state index in [2.05, 4.69) is 12.1 Å². The molecule has 19 heavy (non-hydrogen) atoms. The molecule has 3 rings (SSSR count). The van der Waals surface area contributed by atoms with Gasteiger partial charge in [-0.1, -0.05) is 18.6 Å². The highest BCUT2D eigenvalue weighted by atomic mass is 16.6. The number of benzene rings is 1. The summed E-state index contributed by atoms with van der Waals surface area (Å²) in [5.41, 5.74) is 1.31. The third kappa shape index (κ3) is 4.22. The van der Waals surface area contributed by atoms with Crippen molar-refractivity contribution in [3.05, 3.63) is 29.8 Å². The monoisotopic (exact) mass is 262 g/mol. The van der Waals surface area contributed by atoms with Gasteiger partial charge in [0.15, 0.2) is 0 Å². The van der Waals surface area contributed by atoms with E-state index >= 15 is 0 Å². The smallest absolute Gasteiger partial charge is 0.119 e. The molecule has 1 heterocycles. The molecule has 1 saturated carbocycles. The van der Waals surface area contributed by atoms with E-state index in [1.54, 1.807) is 0 Å². The minimum atomic E-state index is 0.319. The normalized spacial score (nSPS) is 22.0. The van der Waals surface area contributed by atoms with Crippen LogP contribution < -0.4 is 4.74 Å². The molecule has 3 nitrogen and oxygen atoms in total. The Balaban J connectivity index is 1.33. The summed E-state index contributed by atoms with van der Waals surface area (Å²) in [5, 5.41) is 0. The van der Waals surface area contributed by atoms with Gasteiger partial charge in [0.1, 0.15) is 18.5 Å². The predicted octanol–water partition coefficient (Wildman–Crippen LogP) is 2.82. The van der Waals surface area contributed by atoms with Crippen molar-refractivity contribution in [2.24, 2.45) is 5.92 Å². The molecule has 1 unspecified atom stereocenters. The van der Waals surface area contributed by atoms with Gasteiger partial charge in [-0.3, -0.25) is 0 Å². The quantitative estimate of drug-likeness (QED) is 0.533. The van der Waals surface area contributed by atoms with Crippen molar-refractivity contribution in [1.82, 2.24) is 0 Å². The third-order valence-corrected chi connectivity index (χ3v) is 3.87. The predicted molar refractivity (Wildman–Crippen MR) is 73.5 cm³/mol. The van der Waals surface area contributed by atoms with Crippen LogP contribution in [-0.2, 0) is 15.9 Å². The second kappa shape index (κ2) is 6.40. The van der Waals surface area contributed by atoms with Crippen molar-refractivity contribution < 1.29 is 14.2 Å². The molecule has 0 bridgehead atoms. The highest BCUT2D eigenvalue weighted by Gasteiger charge is 2.22. The van der Waals surface area contributed by atoms with Crippen molar-refractivity contribution in [3.63, 3.8) is 0 Å². The molecule has 1 aliphatic carbocycles. The molecule has 1 aromatic carbocycles. The van der Waals surface area contributed by atoms with Crippen molar-refractivity contribution in [2.45, 2.75) is 31.8 Å². The molecule has 1 aromatic rings. The molecular weight excluding hydrogens is 240 g/mol. The molecule has 0 radical (unpaired) electrons. The van der Waals surface area contributed by atoms with Gasteiger partial charge in [0, 0.05) is 6.61 Å². The van der Waals surface area contributed by atoms with E-state index in [4.69, 9.17) is 14.2 Å². The maximum Gasteiger partial charge on any atom is 0.119 e. The number of rotatable bonds is 8. The second-order valence-electron chi connectivity index (χ2n) is 5.53. The lowest BCUT2D eigenvalue weighted by molar-refractivity contribution is 0.0722. The van der Waals surface area contributed by atoms with Crippen LogP contribution >= 0.6 is 0 Å². The Morgan fingerprint density at radius 2 is 1.89 bits per heavy atom. The van der Waals surface area contributed by atoms with Crippen molar-refractivity contribution in [2.75, 3.05) is 26.4 Å². The number of hydrogen-bond acceptors (Lipinski definition) is 3. The minimum Gasteiger partial charge on any atom is -0.491 e. The topological polar surface area (TPSA) is 31.0 Å². The average molecular weight is 262 g/mol. The Morgan fingerprint density at radius 1 is 1.11 bits per heavy atom. The van der Waals surface area contributed by atoms with Crippen LogP contribution in [0.15, 0.2) is 24.3 Å². The fraction of sp³-hybridized carbons (Fsp3) is 0.625. The lowest BCUT2D eigenvalue weighted by Crippen LogP contribution is -2.18. The Kier molecular flexibility index (Phi) is 4.36. The van der Waals surface area contributed by atoms with Gasteiger partial charge >= 0.3 is 0 Å². The van der Waals surface area contributed by atoms with Gasteiger partial charge in [-0.25, -0.2) is 0 Å². The molecule has 3 heteroatoms. The Bertz CT molecular complexity index is 379. The van der Waals surface area contributed by atoms with E-state index < -0.39 is 0 Å². The Morgan fingerprint density at radius 3 is 2.53 bits per heavy atom. The maximum absolute atomic E-state index is 5.71. The Hall–Kier alpha value is -1.06. The van der Waals surface area contributed by atoms with E-state index in [1.807, 2.05) is 12.1 Å². The van der Waals surface area contributed by atoms with Crippen molar-refractivity contribution in [3.8, 4) is 5.75 Å². The minimum absolute atomic E-state index is 0.319. The summed E-state index contributed by atoms with van der Waals surface area (Å²) in [6.45, 7) is 3.29. The second-order valence-corrected chi connectivity index (χ2v) is 5.53. The first-order chi connectivity index (χ1) is 9.40. The molecule has 0 amide bonds. The first-order valence-corrected chi connectivity index (χ1v) is 7.31. The van der Waals surface area contributed by atoms with Gasteiger partial charge in [-0.2, -0.15) is 0 Å². The molecule has 104 valence electrons. The average Bonchev–Trinajstić information content (AvgIpc) is 3.19. The number of epoxide rings is 1. The molecule has 0 aromatic heterocycles. The number of hydrogen-bond donors (Lipinski definition) is 0. The standard InChI is InChI=1S/C16H22O3/c1-2-14(3-1)10-17-9-8-13-4-6-15(7-5-13)18-11-16-12-19-16/h4-7,14,16H,1-3,8-12H2. The molecule has 1 aliphatic heterocycles. The third-order valence-electron chi connectivity index (χ3n) is 3.87. The summed E-state index contributed by atoms with van der Waals surface area (Å²) in [5.74, 6) is 1.76. The maximum atomic E-state index is 5.71. The molecule has 0 N–H and O–H groups in total. The summed E-state index contributed by atoms with van der Waals surface area (Å²) in [4.78, 5) is 0. The van der Waals surface area contributed by atoms with E-state index in [0.29, 0.717) is 12.7 Å². The molecule has 2 aliphatic rings. The zero-order valence-corrected chi connectivity index (χ0v) is 11.3. The molecule has 1 saturated heterocycles. The van der Waals surface area contributed by atoms with E-state index in [9.17, 15) is 0 Å². The fourth-order valence-electron chi connectivity index (χ4n) is 2.21. The molecule has 1 atom stereocenters. The van der Waals surface area contributed by atoms with Gasteiger partial charge in [0.25, 0.3) is 0 Å². The summed E-state index contributed by atoms with van der Waals surface area (Å²) in [7, 11) is 0. The van der Waals surface area contributed by atoms with Crippen molar-refractivity contribution in [1.29, 1.82) is 0 Å². The van der Waals surface area contributed by atoms with Crippen LogP contribution in [0.5, 0.6) is 5.75 Å². The van der Waals surface area contributed by atoms with E-state index in [0.717, 1.165) is 37.9 Å². The highest BCUT2D eigenvalue weighted by molar-refractivity contribution is 5.27. The van der Waals surface area contributed by atoms with Gasteiger partial charge in [-0.15, -0.1) is 0 Å². The summed E-state index contributed by atoms with van der Waals surface area (Å²) in [6, 6.07) is 8.30.